The molecule has 0 spiro atoms. The number of fused-ring (bicyclic) bond motifs is 1. The van der Waals surface area contributed by atoms with Crippen molar-refractivity contribution in [3.8, 4) is 5.69 Å². The average molecular weight is 536 g/mol. The van der Waals surface area contributed by atoms with Crippen molar-refractivity contribution in [1.82, 2.24) is 4.57 Å². The molecule has 1 N–H and O–H groups in total. The van der Waals surface area contributed by atoms with E-state index in [0.29, 0.717) is 11.1 Å². The molecule has 5 rings (SSSR count). The zero-order valence-corrected chi connectivity index (χ0v) is 21.0. The Morgan fingerprint density at radius 1 is 0.947 bits per heavy atom. The number of carbonyl (C=O) groups excluding carboxylic acids is 1. The summed E-state index contributed by atoms with van der Waals surface area (Å²) >= 11 is 1.49. The first kappa shape index (κ1) is 25.3. The summed E-state index contributed by atoms with van der Waals surface area (Å²) in [6.07, 6.45) is -2.79. The molecule has 4 aromatic rings. The number of aromatic nitrogens is 1. The maximum Gasteiger partial charge on any atom is 0.416 e. The highest BCUT2D eigenvalue weighted by Gasteiger charge is 2.33. The number of amides is 1. The van der Waals surface area contributed by atoms with E-state index in [0.717, 1.165) is 44.6 Å². The van der Waals surface area contributed by atoms with Crippen molar-refractivity contribution >= 4 is 40.7 Å². The summed E-state index contributed by atoms with van der Waals surface area (Å²) in [7, 11) is 0. The van der Waals surface area contributed by atoms with Gasteiger partial charge in [-0.1, -0.05) is 17.8 Å². The molecule has 0 aliphatic carbocycles. The lowest BCUT2D eigenvalue weighted by Gasteiger charge is -2.11. The number of hydrogen-bond donors (Lipinski definition) is 1. The van der Waals surface area contributed by atoms with Crippen LogP contribution in [0.5, 0.6) is 0 Å². The number of nitro groups is 1. The fourth-order valence-electron chi connectivity index (χ4n) is 4.44. The molecule has 10 heteroatoms. The van der Waals surface area contributed by atoms with Crippen LogP contribution in [0.3, 0.4) is 0 Å². The Morgan fingerprint density at radius 2 is 1.58 bits per heavy atom. The molecule has 1 amide bonds. The predicted molar refractivity (Wildman–Crippen MR) is 140 cm³/mol. The van der Waals surface area contributed by atoms with E-state index in [1.807, 2.05) is 48.7 Å². The summed E-state index contributed by atoms with van der Waals surface area (Å²) < 4.78 is 41.3. The Balaban J connectivity index is 1.41. The Labute approximate surface area is 220 Å². The molecule has 1 aromatic heterocycles. The molecule has 192 valence electrons. The van der Waals surface area contributed by atoms with Gasteiger partial charge in [0.15, 0.2) is 0 Å². The molecule has 0 unspecified atom stereocenters. The van der Waals surface area contributed by atoms with E-state index in [1.165, 1.54) is 30.0 Å². The summed E-state index contributed by atoms with van der Waals surface area (Å²) in [5.41, 5.74) is 3.60. The lowest BCUT2D eigenvalue weighted by atomic mass is 10.0. The van der Waals surface area contributed by atoms with E-state index in [1.54, 1.807) is 18.2 Å². The van der Waals surface area contributed by atoms with E-state index in [4.69, 9.17) is 0 Å². The zero-order chi connectivity index (χ0) is 27.2. The highest BCUT2D eigenvalue weighted by molar-refractivity contribution is 7.99. The number of hydrogen-bond acceptors (Lipinski definition) is 4. The molecule has 1 aliphatic rings. The van der Waals surface area contributed by atoms with Crippen LogP contribution in [-0.4, -0.2) is 15.4 Å². The molecule has 0 bridgehead atoms. The van der Waals surface area contributed by atoms with Gasteiger partial charge < -0.3 is 9.88 Å². The summed E-state index contributed by atoms with van der Waals surface area (Å²) in [6.45, 7) is 3.85. The Morgan fingerprint density at radius 3 is 2.18 bits per heavy atom. The summed E-state index contributed by atoms with van der Waals surface area (Å²) in [4.78, 5) is 24.9. The van der Waals surface area contributed by atoms with Crippen molar-refractivity contribution in [3.05, 3.63) is 111 Å². The minimum atomic E-state index is -4.49. The SMILES string of the molecule is Cc1cc(/C=C2/C(=O)Nc3cc(C(F)(F)F)ccc32)c(C)n1-c1ccc(Sc2ccc([N+](=O)[O-])cc2)cc1. The quantitative estimate of drug-likeness (QED) is 0.162. The van der Waals surface area contributed by atoms with Gasteiger partial charge in [-0.2, -0.15) is 13.2 Å². The summed E-state index contributed by atoms with van der Waals surface area (Å²) in [5.74, 6) is -0.447. The predicted octanol–water partition coefficient (Wildman–Crippen LogP) is 7.67. The van der Waals surface area contributed by atoms with Crippen molar-refractivity contribution in [2.24, 2.45) is 0 Å². The van der Waals surface area contributed by atoms with Crippen LogP contribution in [0, 0.1) is 24.0 Å². The average Bonchev–Trinajstić information content (AvgIpc) is 3.33. The normalized spacial score (nSPS) is 14.0. The van der Waals surface area contributed by atoms with E-state index in [9.17, 15) is 28.1 Å². The van der Waals surface area contributed by atoms with Crippen LogP contribution in [0.25, 0.3) is 17.3 Å². The largest absolute Gasteiger partial charge is 0.416 e. The lowest BCUT2D eigenvalue weighted by Crippen LogP contribution is -2.06. The van der Waals surface area contributed by atoms with Crippen LogP contribution in [0.15, 0.2) is 82.6 Å². The first-order valence-electron chi connectivity index (χ1n) is 11.5. The van der Waals surface area contributed by atoms with Gasteiger partial charge in [-0.05, 0) is 80.1 Å². The molecule has 6 nitrogen and oxygen atoms in total. The molecule has 0 radical (unpaired) electrons. The smallest absolute Gasteiger partial charge is 0.321 e. The van der Waals surface area contributed by atoms with Gasteiger partial charge in [-0.15, -0.1) is 0 Å². The maximum absolute atomic E-state index is 13.1. The van der Waals surface area contributed by atoms with E-state index >= 15 is 0 Å². The van der Waals surface area contributed by atoms with Crippen molar-refractivity contribution in [2.45, 2.75) is 29.8 Å². The monoisotopic (exact) mass is 535 g/mol. The maximum atomic E-state index is 13.1. The molecule has 0 atom stereocenters. The van der Waals surface area contributed by atoms with Crippen LogP contribution in [0.1, 0.15) is 28.1 Å². The molecule has 0 saturated heterocycles. The van der Waals surface area contributed by atoms with E-state index < -0.39 is 22.6 Å². The van der Waals surface area contributed by atoms with E-state index in [2.05, 4.69) is 5.32 Å². The van der Waals surface area contributed by atoms with Gasteiger partial charge in [0.05, 0.1) is 10.5 Å². The first-order valence-corrected chi connectivity index (χ1v) is 12.3. The zero-order valence-electron chi connectivity index (χ0n) is 20.2. The number of aryl methyl sites for hydroxylation is 1. The Kier molecular flexibility index (Phi) is 6.36. The first-order chi connectivity index (χ1) is 18.0. The van der Waals surface area contributed by atoms with Crippen LogP contribution in [-0.2, 0) is 11.0 Å². The van der Waals surface area contributed by atoms with Gasteiger partial charge in [-0.3, -0.25) is 14.9 Å². The molecular weight excluding hydrogens is 515 g/mol. The van der Waals surface area contributed by atoms with Crippen LogP contribution in [0.2, 0.25) is 0 Å². The summed E-state index contributed by atoms with van der Waals surface area (Å²) in [5, 5.41) is 13.4. The molecular formula is C28H20F3N3O3S. The molecule has 1 aliphatic heterocycles. The van der Waals surface area contributed by atoms with Gasteiger partial charge >= 0.3 is 6.18 Å². The Bertz CT molecular complexity index is 1610. The fraction of sp³-hybridized carbons (Fsp3) is 0.107. The van der Waals surface area contributed by atoms with Crippen molar-refractivity contribution in [1.29, 1.82) is 0 Å². The second kappa shape index (κ2) is 9.53. The number of nitrogens with zero attached hydrogens (tertiary/aromatic N) is 2. The number of alkyl halides is 3. The van der Waals surface area contributed by atoms with Crippen LogP contribution < -0.4 is 5.32 Å². The number of halogens is 3. The van der Waals surface area contributed by atoms with Crippen molar-refractivity contribution < 1.29 is 22.9 Å². The van der Waals surface area contributed by atoms with Gasteiger partial charge in [0, 0.05) is 55.8 Å². The highest BCUT2D eigenvalue weighted by Crippen LogP contribution is 2.39. The number of non-ortho nitro benzene ring substituents is 1. The molecule has 0 saturated carbocycles. The van der Waals surface area contributed by atoms with Crippen molar-refractivity contribution in [2.75, 3.05) is 5.32 Å². The minimum Gasteiger partial charge on any atom is -0.321 e. The second-order valence-corrected chi connectivity index (χ2v) is 9.93. The number of rotatable bonds is 5. The number of anilines is 1. The van der Waals surface area contributed by atoms with Crippen LogP contribution >= 0.6 is 11.8 Å². The van der Waals surface area contributed by atoms with Gasteiger partial charge in [0.1, 0.15) is 0 Å². The number of carbonyl (C=O) groups is 1. The number of benzene rings is 3. The third-order valence-corrected chi connectivity index (χ3v) is 7.29. The third-order valence-electron chi connectivity index (χ3n) is 6.28. The third kappa shape index (κ3) is 4.82. The number of nitro benzene ring substituents is 1. The fourth-order valence-corrected chi connectivity index (χ4v) is 5.25. The van der Waals surface area contributed by atoms with Gasteiger partial charge in [-0.25, -0.2) is 0 Å². The van der Waals surface area contributed by atoms with Crippen molar-refractivity contribution in [3.63, 3.8) is 0 Å². The number of nitrogens with one attached hydrogen (secondary N) is 1. The lowest BCUT2D eigenvalue weighted by molar-refractivity contribution is -0.384. The molecule has 2 heterocycles. The Hall–Kier alpha value is -4.31. The summed E-state index contributed by atoms with van der Waals surface area (Å²) in [6, 6.07) is 19.4. The molecule has 0 fully saturated rings. The second-order valence-electron chi connectivity index (χ2n) is 8.78. The highest BCUT2D eigenvalue weighted by atomic mass is 32.2. The van der Waals surface area contributed by atoms with E-state index in [-0.39, 0.29) is 11.4 Å². The van der Waals surface area contributed by atoms with Crippen LogP contribution in [0.4, 0.5) is 24.5 Å². The standard InChI is InChI=1S/C28H20F3N3O3S/c1-16-13-18(14-25-24-12-3-19(28(29,30)31)15-26(24)32-27(25)35)17(2)33(16)20-4-8-22(9-5-20)38-23-10-6-21(7-11-23)34(36)37/h3-15H,1-2H3,(H,32,35)/b25-14+. The molecule has 38 heavy (non-hydrogen) atoms. The van der Waals surface area contributed by atoms with Gasteiger partial charge in [0.25, 0.3) is 11.6 Å². The van der Waals surface area contributed by atoms with Gasteiger partial charge in [0.2, 0.25) is 0 Å². The minimum absolute atomic E-state index is 0.0404. The topological polar surface area (TPSA) is 77.2 Å². The molecule has 3 aromatic carbocycles.